The molecule has 1 saturated heterocycles. The van der Waals surface area contributed by atoms with E-state index in [1.54, 1.807) is 11.3 Å². The van der Waals surface area contributed by atoms with E-state index in [0.29, 0.717) is 0 Å². The smallest absolute Gasteiger partial charge is 0.240 e. The van der Waals surface area contributed by atoms with Crippen LogP contribution in [0.25, 0.3) is 0 Å². The first kappa shape index (κ1) is 18.5. The van der Waals surface area contributed by atoms with E-state index < -0.39 is 15.8 Å². The Kier molecular flexibility index (Phi) is 6.22. The van der Waals surface area contributed by atoms with Crippen molar-refractivity contribution in [3.05, 3.63) is 52.5 Å². The second kappa shape index (κ2) is 8.40. The van der Waals surface area contributed by atoms with E-state index >= 15 is 0 Å². The van der Waals surface area contributed by atoms with Gasteiger partial charge in [-0.3, -0.25) is 4.90 Å². The Balaban J connectivity index is 1.76. The first-order valence-electron chi connectivity index (χ1n) is 8.58. The summed E-state index contributed by atoms with van der Waals surface area (Å²) in [7, 11) is -3.73. The zero-order chi connectivity index (χ0) is 17.7. The largest absolute Gasteiger partial charge is 0.295 e. The molecule has 0 saturated carbocycles. The fourth-order valence-corrected chi connectivity index (χ4v) is 5.01. The molecule has 0 unspecified atom stereocenters. The van der Waals surface area contributed by atoms with Crippen LogP contribution in [0.2, 0.25) is 0 Å². The quantitative estimate of drug-likeness (QED) is 0.827. The summed E-state index contributed by atoms with van der Waals surface area (Å²) in [5.41, 5.74) is 1.13. The van der Waals surface area contributed by atoms with Gasteiger partial charge in [0.05, 0.1) is 4.90 Å². The zero-order valence-corrected chi connectivity index (χ0v) is 15.7. The predicted octanol–water partition coefficient (Wildman–Crippen LogP) is 3.78. The number of nitrogens with zero attached hydrogens (tertiary/aromatic N) is 1. The molecule has 3 rings (SSSR count). The lowest BCUT2D eigenvalue weighted by molar-refractivity contribution is 0.206. The van der Waals surface area contributed by atoms with Gasteiger partial charge in [0.2, 0.25) is 10.0 Å². The van der Waals surface area contributed by atoms with Crippen LogP contribution in [0.4, 0.5) is 4.39 Å². The maximum Gasteiger partial charge on any atom is 0.240 e. The number of halogens is 1. The normalized spacial score (nSPS) is 18.0. The van der Waals surface area contributed by atoms with Crippen LogP contribution in [0, 0.1) is 5.82 Å². The van der Waals surface area contributed by atoms with Gasteiger partial charge in [0.15, 0.2) is 0 Å². The summed E-state index contributed by atoms with van der Waals surface area (Å²) in [6.45, 7) is 2.24. The first-order chi connectivity index (χ1) is 12.1. The maximum atomic E-state index is 13.4. The van der Waals surface area contributed by atoms with Gasteiger partial charge < -0.3 is 0 Å². The number of benzene rings is 1. The molecule has 4 nitrogen and oxygen atoms in total. The second-order valence-electron chi connectivity index (χ2n) is 6.33. The van der Waals surface area contributed by atoms with Crippen molar-refractivity contribution < 1.29 is 12.8 Å². The van der Waals surface area contributed by atoms with E-state index in [4.69, 9.17) is 0 Å². The van der Waals surface area contributed by atoms with Gasteiger partial charge >= 0.3 is 0 Å². The Bertz CT molecular complexity index is 770. The lowest BCUT2D eigenvalue weighted by atomic mass is 10.1. The minimum Gasteiger partial charge on any atom is -0.295 e. The molecule has 0 aliphatic carbocycles. The molecule has 0 bridgehead atoms. The number of likely N-dealkylation sites (tertiary alicyclic amines) is 1. The van der Waals surface area contributed by atoms with Gasteiger partial charge in [0, 0.05) is 12.6 Å². The van der Waals surface area contributed by atoms with E-state index in [0.717, 1.165) is 37.6 Å². The van der Waals surface area contributed by atoms with Gasteiger partial charge in [-0.05, 0) is 66.5 Å². The fourth-order valence-electron chi connectivity index (χ4n) is 3.24. The highest BCUT2D eigenvalue weighted by atomic mass is 32.2. The molecule has 1 aliphatic rings. The van der Waals surface area contributed by atoms with Crippen LogP contribution in [-0.2, 0) is 10.0 Å². The highest BCUT2D eigenvalue weighted by molar-refractivity contribution is 7.89. The van der Waals surface area contributed by atoms with Crippen molar-refractivity contribution in [1.82, 2.24) is 9.62 Å². The van der Waals surface area contributed by atoms with Gasteiger partial charge in [-0.25, -0.2) is 17.5 Å². The Morgan fingerprint density at radius 2 is 1.92 bits per heavy atom. The van der Waals surface area contributed by atoms with Crippen molar-refractivity contribution in [3.63, 3.8) is 0 Å². The zero-order valence-electron chi connectivity index (χ0n) is 14.0. The van der Waals surface area contributed by atoms with Crippen molar-refractivity contribution in [2.45, 2.75) is 36.6 Å². The number of sulfonamides is 1. The summed E-state index contributed by atoms with van der Waals surface area (Å²) in [4.78, 5) is 2.33. The standard InChI is InChI=1S/C18H23FN2O2S2/c19-16-6-5-7-17(12-16)25(22,23)20-13-18(15-8-11-24-14-15)21-9-3-1-2-4-10-21/h5-8,11-12,14,18,20H,1-4,9-10,13H2/t18-/m0/s1. The Morgan fingerprint density at radius 3 is 2.56 bits per heavy atom. The fraction of sp³-hybridized carbons (Fsp3) is 0.444. The monoisotopic (exact) mass is 382 g/mol. The molecule has 7 heteroatoms. The third-order valence-corrected chi connectivity index (χ3v) is 6.71. The van der Waals surface area contributed by atoms with Crippen molar-refractivity contribution >= 4 is 21.4 Å². The predicted molar refractivity (Wildman–Crippen MR) is 98.7 cm³/mol. The van der Waals surface area contributed by atoms with Crippen LogP contribution in [0.15, 0.2) is 46.0 Å². The molecule has 136 valence electrons. The number of hydrogen-bond donors (Lipinski definition) is 1. The average Bonchev–Trinajstić information content (AvgIpc) is 2.98. The third kappa shape index (κ3) is 4.88. The minimum absolute atomic E-state index is 0.00711. The van der Waals surface area contributed by atoms with E-state index in [9.17, 15) is 12.8 Å². The molecule has 25 heavy (non-hydrogen) atoms. The maximum absolute atomic E-state index is 13.4. The van der Waals surface area contributed by atoms with Crippen LogP contribution in [0.5, 0.6) is 0 Å². The van der Waals surface area contributed by atoms with E-state index in [-0.39, 0.29) is 17.5 Å². The van der Waals surface area contributed by atoms with Gasteiger partial charge in [-0.1, -0.05) is 18.9 Å². The molecule has 1 fully saturated rings. The Hall–Kier alpha value is -1.28. The summed E-state index contributed by atoms with van der Waals surface area (Å²) < 4.78 is 41.1. The van der Waals surface area contributed by atoms with Crippen molar-refractivity contribution in [2.75, 3.05) is 19.6 Å². The van der Waals surface area contributed by atoms with Crippen molar-refractivity contribution in [1.29, 1.82) is 0 Å². The second-order valence-corrected chi connectivity index (χ2v) is 8.88. The lowest BCUT2D eigenvalue weighted by Gasteiger charge is -2.30. The van der Waals surface area contributed by atoms with E-state index in [2.05, 4.69) is 21.1 Å². The Morgan fingerprint density at radius 1 is 1.16 bits per heavy atom. The van der Waals surface area contributed by atoms with E-state index in [1.807, 2.05) is 5.38 Å². The van der Waals surface area contributed by atoms with Gasteiger partial charge in [-0.2, -0.15) is 11.3 Å². The van der Waals surface area contributed by atoms with Crippen LogP contribution in [-0.4, -0.2) is 33.0 Å². The highest BCUT2D eigenvalue weighted by Crippen LogP contribution is 2.26. The average molecular weight is 383 g/mol. The van der Waals surface area contributed by atoms with Crippen molar-refractivity contribution in [3.8, 4) is 0 Å². The molecule has 1 aromatic heterocycles. The molecule has 0 amide bonds. The molecule has 0 radical (unpaired) electrons. The Labute approximate surface area is 152 Å². The lowest BCUT2D eigenvalue weighted by Crippen LogP contribution is -2.38. The van der Waals surface area contributed by atoms with Crippen LogP contribution < -0.4 is 4.72 Å². The van der Waals surface area contributed by atoms with Gasteiger partial charge in [0.1, 0.15) is 5.82 Å². The number of rotatable bonds is 6. The van der Waals surface area contributed by atoms with Crippen molar-refractivity contribution in [2.24, 2.45) is 0 Å². The van der Waals surface area contributed by atoms with Crippen LogP contribution >= 0.6 is 11.3 Å². The summed E-state index contributed by atoms with van der Waals surface area (Å²) >= 11 is 1.62. The summed E-state index contributed by atoms with van der Waals surface area (Å²) in [5.74, 6) is -0.551. The number of nitrogens with one attached hydrogen (secondary N) is 1. The van der Waals surface area contributed by atoms with Gasteiger partial charge in [0.25, 0.3) is 0 Å². The topological polar surface area (TPSA) is 49.4 Å². The molecular weight excluding hydrogens is 359 g/mol. The molecule has 0 spiro atoms. The van der Waals surface area contributed by atoms with Crippen LogP contribution in [0.1, 0.15) is 37.3 Å². The first-order valence-corrected chi connectivity index (χ1v) is 11.0. The summed E-state index contributed by atoms with van der Waals surface area (Å²) in [6, 6.07) is 7.17. The number of hydrogen-bond acceptors (Lipinski definition) is 4. The SMILES string of the molecule is O=S(=O)(NC[C@@H](c1ccsc1)N1CCCCCC1)c1cccc(F)c1. The number of thiophene rings is 1. The molecule has 1 aromatic carbocycles. The summed E-state index contributed by atoms with van der Waals surface area (Å²) in [6.07, 6.45) is 4.72. The van der Waals surface area contributed by atoms with Crippen LogP contribution in [0.3, 0.4) is 0 Å². The molecular formula is C18H23FN2O2S2. The molecule has 1 aliphatic heterocycles. The molecule has 2 aromatic rings. The molecule has 1 atom stereocenters. The molecule has 2 heterocycles. The summed E-state index contributed by atoms with van der Waals surface area (Å²) in [5, 5.41) is 4.09. The third-order valence-electron chi connectivity index (χ3n) is 4.58. The molecule has 1 N–H and O–H groups in total. The van der Waals surface area contributed by atoms with E-state index in [1.165, 1.54) is 31.0 Å². The minimum atomic E-state index is -3.73. The van der Waals surface area contributed by atoms with Gasteiger partial charge in [-0.15, -0.1) is 0 Å². The highest BCUT2D eigenvalue weighted by Gasteiger charge is 2.24.